The molecule has 1 unspecified atom stereocenters. The average molecular weight is 250 g/mol. The molecule has 1 rings (SSSR count). The zero-order valence-electron chi connectivity index (χ0n) is 11.5. The Bertz CT molecular complexity index is 405. The molecule has 0 aliphatic rings. The first-order valence-electron chi connectivity index (χ1n) is 6.26. The Kier molecular flexibility index (Phi) is 5.16. The van der Waals surface area contributed by atoms with Gasteiger partial charge in [0.25, 0.3) is 0 Å². The van der Waals surface area contributed by atoms with Crippen molar-refractivity contribution < 1.29 is 9.53 Å². The maximum atomic E-state index is 11.6. The number of rotatable bonds is 5. The first kappa shape index (κ1) is 14.5. The molecule has 0 fully saturated rings. The van der Waals surface area contributed by atoms with Crippen molar-refractivity contribution in [3.8, 4) is 5.75 Å². The number of hydrogen-bond acceptors (Lipinski definition) is 3. The summed E-state index contributed by atoms with van der Waals surface area (Å²) in [6, 6.07) is 3.35. The molecule has 1 amide bonds. The molecule has 0 heterocycles. The van der Waals surface area contributed by atoms with Crippen LogP contribution in [-0.4, -0.2) is 18.6 Å². The highest BCUT2D eigenvalue weighted by molar-refractivity contribution is 5.95. The van der Waals surface area contributed by atoms with Crippen molar-refractivity contribution in [2.75, 3.05) is 11.9 Å². The van der Waals surface area contributed by atoms with E-state index >= 15 is 0 Å². The highest BCUT2D eigenvalue weighted by atomic mass is 16.5. The fourth-order valence-corrected chi connectivity index (χ4v) is 1.66. The Labute approximate surface area is 109 Å². The molecule has 0 bridgehead atoms. The van der Waals surface area contributed by atoms with E-state index in [0.29, 0.717) is 6.61 Å². The topological polar surface area (TPSA) is 64.3 Å². The van der Waals surface area contributed by atoms with Crippen LogP contribution >= 0.6 is 0 Å². The minimum Gasteiger partial charge on any atom is -0.494 e. The van der Waals surface area contributed by atoms with Gasteiger partial charge in [-0.3, -0.25) is 4.79 Å². The third-order valence-electron chi connectivity index (χ3n) is 2.64. The number of carbonyl (C=O) groups excluding carboxylic acids is 1. The number of nitrogens with two attached hydrogens (primary N) is 1. The van der Waals surface area contributed by atoms with E-state index in [1.165, 1.54) is 0 Å². The molecule has 0 aromatic heterocycles. The standard InChI is InChI=1S/C14H22N2O2/c1-5-6-18-12-7-9(2)13(10(3)8-12)16-14(17)11(4)15/h7-8,11H,5-6,15H2,1-4H3,(H,16,17). The summed E-state index contributed by atoms with van der Waals surface area (Å²) in [5.74, 6) is 0.661. The molecule has 4 nitrogen and oxygen atoms in total. The van der Waals surface area contributed by atoms with Crippen LogP contribution in [-0.2, 0) is 4.79 Å². The van der Waals surface area contributed by atoms with Gasteiger partial charge in [-0.2, -0.15) is 0 Å². The van der Waals surface area contributed by atoms with Crippen LogP contribution in [0.25, 0.3) is 0 Å². The van der Waals surface area contributed by atoms with Gasteiger partial charge in [0.2, 0.25) is 5.91 Å². The predicted octanol–water partition coefficient (Wildman–Crippen LogP) is 2.38. The number of carbonyl (C=O) groups is 1. The molecule has 0 aliphatic carbocycles. The third kappa shape index (κ3) is 3.74. The van der Waals surface area contributed by atoms with Crippen molar-refractivity contribution >= 4 is 11.6 Å². The van der Waals surface area contributed by atoms with Gasteiger partial charge in [-0.05, 0) is 50.5 Å². The molecule has 1 atom stereocenters. The number of anilines is 1. The molecule has 1 aromatic carbocycles. The monoisotopic (exact) mass is 250 g/mol. The second kappa shape index (κ2) is 6.40. The summed E-state index contributed by atoms with van der Waals surface area (Å²) in [5, 5.41) is 2.84. The highest BCUT2D eigenvalue weighted by Crippen LogP contribution is 2.26. The zero-order chi connectivity index (χ0) is 13.7. The van der Waals surface area contributed by atoms with Gasteiger partial charge < -0.3 is 15.8 Å². The van der Waals surface area contributed by atoms with Gasteiger partial charge in [0.15, 0.2) is 0 Å². The first-order chi connectivity index (χ1) is 8.45. The van der Waals surface area contributed by atoms with E-state index in [1.807, 2.05) is 26.0 Å². The summed E-state index contributed by atoms with van der Waals surface area (Å²) in [4.78, 5) is 11.6. The van der Waals surface area contributed by atoms with Crippen molar-refractivity contribution in [1.82, 2.24) is 0 Å². The number of aryl methyl sites for hydroxylation is 2. The zero-order valence-corrected chi connectivity index (χ0v) is 11.5. The fourth-order valence-electron chi connectivity index (χ4n) is 1.66. The van der Waals surface area contributed by atoms with Crippen LogP contribution in [0.15, 0.2) is 12.1 Å². The van der Waals surface area contributed by atoms with Gasteiger partial charge in [0, 0.05) is 5.69 Å². The SMILES string of the molecule is CCCOc1cc(C)c(NC(=O)C(C)N)c(C)c1. The lowest BCUT2D eigenvalue weighted by Gasteiger charge is -2.15. The molecular formula is C14H22N2O2. The van der Waals surface area contributed by atoms with Crippen LogP contribution in [0.3, 0.4) is 0 Å². The van der Waals surface area contributed by atoms with Crippen LogP contribution in [0.1, 0.15) is 31.4 Å². The summed E-state index contributed by atoms with van der Waals surface area (Å²) < 4.78 is 5.59. The highest BCUT2D eigenvalue weighted by Gasteiger charge is 2.12. The lowest BCUT2D eigenvalue weighted by atomic mass is 10.1. The van der Waals surface area contributed by atoms with Crippen LogP contribution in [0, 0.1) is 13.8 Å². The van der Waals surface area contributed by atoms with Gasteiger partial charge in [0.1, 0.15) is 5.75 Å². The van der Waals surface area contributed by atoms with Crippen LogP contribution in [0.4, 0.5) is 5.69 Å². The normalized spacial score (nSPS) is 12.1. The maximum Gasteiger partial charge on any atom is 0.241 e. The fraction of sp³-hybridized carbons (Fsp3) is 0.500. The van der Waals surface area contributed by atoms with Crippen LogP contribution in [0.5, 0.6) is 5.75 Å². The minimum atomic E-state index is -0.514. The predicted molar refractivity (Wildman–Crippen MR) is 74.0 cm³/mol. The van der Waals surface area contributed by atoms with E-state index in [9.17, 15) is 4.79 Å². The molecule has 1 aromatic rings. The molecule has 18 heavy (non-hydrogen) atoms. The molecule has 0 aliphatic heterocycles. The summed E-state index contributed by atoms with van der Waals surface area (Å²) in [7, 11) is 0. The second-order valence-electron chi connectivity index (χ2n) is 4.56. The Morgan fingerprint density at radius 3 is 2.39 bits per heavy atom. The Balaban J connectivity index is 2.90. The molecule has 3 N–H and O–H groups in total. The van der Waals surface area contributed by atoms with Gasteiger partial charge in [0.05, 0.1) is 12.6 Å². The Morgan fingerprint density at radius 2 is 1.94 bits per heavy atom. The van der Waals surface area contributed by atoms with Crippen LogP contribution < -0.4 is 15.8 Å². The average Bonchev–Trinajstić information content (AvgIpc) is 2.30. The Morgan fingerprint density at radius 1 is 1.39 bits per heavy atom. The van der Waals surface area contributed by atoms with E-state index in [2.05, 4.69) is 12.2 Å². The number of amides is 1. The first-order valence-corrected chi connectivity index (χ1v) is 6.26. The van der Waals surface area contributed by atoms with Crippen molar-refractivity contribution in [1.29, 1.82) is 0 Å². The number of benzene rings is 1. The molecule has 0 saturated carbocycles. The van der Waals surface area contributed by atoms with Gasteiger partial charge in [-0.15, -0.1) is 0 Å². The number of nitrogens with one attached hydrogen (secondary N) is 1. The number of ether oxygens (including phenoxy) is 1. The van der Waals surface area contributed by atoms with Gasteiger partial charge in [-0.25, -0.2) is 0 Å². The molecule has 0 radical (unpaired) electrons. The van der Waals surface area contributed by atoms with E-state index in [-0.39, 0.29) is 5.91 Å². The van der Waals surface area contributed by atoms with Gasteiger partial charge in [-0.1, -0.05) is 6.92 Å². The molecule has 0 spiro atoms. The lowest BCUT2D eigenvalue weighted by Crippen LogP contribution is -2.32. The summed E-state index contributed by atoms with van der Waals surface area (Å²) in [5.41, 5.74) is 8.33. The number of hydrogen-bond donors (Lipinski definition) is 2. The Hall–Kier alpha value is -1.55. The van der Waals surface area contributed by atoms with E-state index in [4.69, 9.17) is 10.5 Å². The van der Waals surface area contributed by atoms with Crippen molar-refractivity contribution in [2.45, 2.75) is 40.2 Å². The van der Waals surface area contributed by atoms with E-state index in [1.54, 1.807) is 6.92 Å². The second-order valence-corrected chi connectivity index (χ2v) is 4.56. The minimum absolute atomic E-state index is 0.177. The maximum absolute atomic E-state index is 11.6. The van der Waals surface area contributed by atoms with Crippen molar-refractivity contribution in [3.05, 3.63) is 23.3 Å². The summed E-state index contributed by atoms with van der Waals surface area (Å²) >= 11 is 0. The molecule has 4 heteroatoms. The van der Waals surface area contributed by atoms with Crippen molar-refractivity contribution in [2.24, 2.45) is 5.73 Å². The van der Waals surface area contributed by atoms with E-state index in [0.717, 1.165) is 29.0 Å². The third-order valence-corrected chi connectivity index (χ3v) is 2.64. The van der Waals surface area contributed by atoms with E-state index < -0.39 is 6.04 Å². The summed E-state index contributed by atoms with van der Waals surface area (Å²) in [6.45, 7) is 8.32. The molecular weight excluding hydrogens is 228 g/mol. The lowest BCUT2D eigenvalue weighted by molar-refractivity contribution is -0.117. The molecule has 0 saturated heterocycles. The summed E-state index contributed by atoms with van der Waals surface area (Å²) in [6.07, 6.45) is 0.973. The smallest absolute Gasteiger partial charge is 0.241 e. The molecule has 100 valence electrons. The quantitative estimate of drug-likeness (QED) is 0.843. The van der Waals surface area contributed by atoms with Crippen molar-refractivity contribution in [3.63, 3.8) is 0 Å². The largest absolute Gasteiger partial charge is 0.494 e. The van der Waals surface area contributed by atoms with Gasteiger partial charge >= 0.3 is 0 Å². The van der Waals surface area contributed by atoms with Crippen LogP contribution in [0.2, 0.25) is 0 Å².